The molecule has 0 aliphatic carbocycles. The van der Waals surface area contributed by atoms with Crippen LogP contribution in [0.25, 0.3) is 0 Å². The zero-order valence-electron chi connectivity index (χ0n) is 71.3. The summed E-state index contributed by atoms with van der Waals surface area (Å²) in [7, 11) is -9.93. The molecule has 0 aliphatic heterocycles. The molecule has 0 heterocycles. The summed E-state index contributed by atoms with van der Waals surface area (Å²) in [5, 5.41) is 10.7. The number of carbonyl (C=O) groups excluding carboxylic acids is 4. The Balaban J connectivity index is 5.25. The lowest BCUT2D eigenvalue weighted by Gasteiger charge is -2.21. The molecular formula is C89H174O17P2. The van der Waals surface area contributed by atoms with Crippen LogP contribution in [0.1, 0.15) is 472 Å². The molecule has 3 N–H and O–H groups in total. The number of aliphatic hydroxyl groups is 1. The number of hydrogen-bond acceptors (Lipinski definition) is 15. The van der Waals surface area contributed by atoms with E-state index >= 15 is 0 Å². The first-order chi connectivity index (χ1) is 52.3. The van der Waals surface area contributed by atoms with Gasteiger partial charge in [0.15, 0.2) is 12.2 Å². The fraction of sp³-hybridized carbons (Fsp3) is 0.955. The number of rotatable bonds is 87. The minimum atomic E-state index is -4.97. The number of hydrogen-bond donors (Lipinski definition) is 3. The normalized spacial score (nSPS) is 14.1. The summed E-state index contributed by atoms with van der Waals surface area (Å²) in [5.41, 5.74) is 0. The molecule has 0 radical (unpaired) electrons. The number of aliphatic hydroxyl groups excluding tert-OH is 1. The van der Waals surface area contributed by atoms with Gasteiger partial charge in [-0.2, -0.15) is 0 Å². The van der Waals surface area contributed by atoms with Gasteiger partial charge in [-0.05, 0) is 43.4 Å². The average molecular weight is 1580 g/mol. The molecule has 0 saturated carbocycles. The Labute approximate surface area is 664 Å². The topological polar surface area (TPSA) is 237 Å². The molecule has 19 heteroatoms. The van der Waals surface area contributed by atoms with Crippen LogP contribution in [-0.2, 0) is 65.4 Å². The summed E-state index contributed by atoms with van der Waals surface area (Å²) in [6.45, 7) is 12.0. The van der Waals surface area contributed by atoms with Crippen LogP contribution < -0.4 is 0 Å². The Morgan fingerprint density at radius 2 is 0.472 bits per heavy atom. The number of esters is 4. The van der Waals surface area contributed by atoms with Gasteiger partial charge in [0.25, 0.3) is 0 Å². The SMILES string of the molecule is CCCCCCCCCCCCCCCCCCCCCCCCC(=O)O[C@H](COC(=O)CCCCCCCCCCCCCCCCCC(C)C)COP(=O)(O)OC[C@@H](O)COP(=O)(O)OC[C@@H](COC(=O)CCCCCCCCCCC(C)CC)OC(=O)CCCCCCCCCCCCCCCC(C)C. The standard InChI is InChI=1S/C89H174O17P2/c1-8-10-11-12-13-14-15-16-17-18-19-20-21-22-23-26-32-37-42-51-58-65-72-88(93)105-84(76-99-86(91)70-63-56-49-41-36-31-27-24-25-29-34-39-46-53-60-67-80(3)4)78-103-107(95,96)101-74-83(90)75-102-108(97,98)104-79-85(77-100-87(92)71-64-57-50-45-44-48-55-62-69-82(7)9-2)106-89(94)73-66-59-52-43-38-33-28-30-35-40-47-54-61-68-81(5)6/h80-85,90H,8-79H2,1-7H3,(H,95,96)(H,97,98)/t82?,83-,84-,85-/m1/s1. The first-order valence-corrected chi connectivity index (χ1v) is 48.9. The van der Waals surface area contributed by atoms with E-state index in [2.05, 4.69) is 48.5 Å². The quantitative estimate of drug-likeness (QED) is 0.0222. The van der Waals surface area contributed by atoms with E-state index in [1.807, 2.05) is 0 Å². The molecular weight excluding hydrogens is 1400 g/mol. The smallest absolute Gasteiger partial charge is 0.462 e. The predicted molar refractivity (Wildman–Crippen MR) is 446 cm³/mol. The highest BCUT2D eigenvalue weighted by Crippen LogP contribution is 2.45. The van der Waals surface area contributed by atoms with Crippen molar-refractivity contribution < 1.29 is 80.2 Å². The van der Waals surface area contributed by atoms with Gasteiger partial charge in [0.1, 0.15) is 19.3 Å². The Kier molecular flexibility index (Phi) is 77.5. The molecule has 6 atom stereocenters. The highest BCUT2D eigenvalue weighted by Gasteiger charge is 2.31. The highest BCUT2D eigenvalue weighted by atomic mass is 31.2. The molecule has 3 unspecified atom stereocenters. The Morgan fingerprint density at radius 1 is 0.269 bits per heavy atom. The number of carbonyl (C=O) groups is 4. The number of phosphoric ester groups is 2. The molecule has 0 aromatic carbocycles. The first kappa shape index (κ1) is 106. The van der Waals surface area contributed by atoms with E-state index in [9.17, 15) is 43.2 Å². The predicted octanol–water partition coefficient (Wildman–Crippen LogP) is 27.3. The summed E-state index contributed by atoms with van der Waals surface area (Å²) in [4.78, 5) is 73.4. The molecule has 0 bridgehead atoms. The van der Waals surface area contributed by atoms with Crippen molar-refractivity contribution in [2.75, 3.05) is 39.6 Å². The van der Waals surface area contributed by atoms with Gasteiger partial charge in [-0.3, -0.25) is 37.3 Å². The van der Waals surface area contributed by atoms with Crippen molar-refractivity contribution in [1.82, 2.24) is 0 Å². The monoisotopic (exact) mass is 1580 g/mol. The van der Waals surface area contributed by atoms with E-state index in [1.165, 1.54) is 283 Å². The van der Waals surface area contributed by atoms with Crippen LogP contribution in [0, 0.1) is 17.8 Å². The third-order valence-electron chi connectivity index (χ3n) is 21.2. The summed E-state index contributed by atoms with van der Waals surface area (Å²) in [6.07, 6.45) is 70.8. The molecule has 0 saturated heterocycles. The maximum atomic E-state index is 13.2. The maximum absolute atomic E-state index is 13.2. The Hall–Kier alpha value is -1.94. The summed E-state index contributed by atoms with van der Waals surface area (Å²) in [5.74, 6) is 0.268. The van der Waals surface area contributed by atoms with E-state index in [-0.39, 0.29) is 25.7 Å². The zero-order valence-corrected chi connectivity index (χ0v) is 73.1. The van der Waals surface area contributed by atoms with Crippen molar-refractivity contribution in [1.29, 1.82) is 0 Å². The number of phosphoric acid groups is 2. The maximum Gasteiger partial charge on any atom is 0.472 e. The van der Waals surface area contributed by atoms with Gasteiger partial charge in [0.05, 0.1) is 26.4 Å². The largest absolute Gasteiger partial charge is 0.472 e. The van der Waals surface area contributed by atoms with Crippen LogP contribution in [-0.4, -0.2) is 96.7 Å². The molecule has 108 heavy (non-hydrogen) atoms. The van der Waals surface area contributed by atoms with Crippen LogP contribution >= 0.6 is 15.6 Å². The van der Waals surface area contributed by atoms with E-state index < -0.39 is 97.5 Å². The van der Waals surface area contributed by atoms with Crippen LogP contribution in [0.5, 0.6) is 0 Å². The van der Waals surface area contributed by atoms with Crippen molar-refractivity contribution in [3.63, 3.8) is 0 Å². The van der Waals surface area contributed by atoms with Gasteiger partial charge in [0, 0.05) is 25.7 Å². The fourth-order valence-corrected chi connectivity index (χ4v) is 15.4. The van der Waals surface area contributed by atoms with E-state index in [4.69, 9.17) is 37.0 Å². The Morgan fingerprint density at radius 3 is 0.704 bits per heavy atom. The second-order valence-corrected chi connectivity index (χ2v) is 36.1. The molecule has 0 aliphatic rings. The Bertz CT molecular complexity index is 2080. The minimum absolute atomic E-state index is 0.107. The van der Waals surface area contributed by atoms with Gasteiger partial charge in [-0.25, -0.2) is 9.13 Å². The lowest BCUT2D eigenvalue weighted by atomic mass is 9.99. The zero-order chi connectivity index (χ0) is 79.3. The molecule has 0 amide bonds. The van der Waals surface area contributed by atoms with E-state index in [0.29, 0.717) is 25.7 Å². The highest BCUT2D eigenvalue weighted by molar-refractivity contribution is 7.47. The molecule has 0 spiro atoms. The average Bonchev–Trinajstić information content (AvgIpc) is 0.900. The molecule has 0 aromatic heterocycles. The van der Waals surface area contributed by atoms with E-state index in [0.717, 1.165) is 108 Å². The lowest BCUT2D eigenvalue weighted by molar-refractivity contribution is -0.161. The van der Waals surface area contributed by atoms with Gasteiger partial charge in [0.2, 0.25) is 0 Å². The van der Waals surface area contributed by atoms with Crippen LogP contribution in [0.4, 0.5) is 0 Å². The fourth-order valence-electron chi connectivity index (χ4n) is 13.9. The molecule has 0 rings (SSSR count). The summed E-state index contributed by atoms with van der Waals surface area (Å²) < 4.78 is 69.0. The van der Waals surface area contributed by atoms with Crippen molar-refractivity contribution in [2.24, 2.45) is 17.8 Å². The van der Waals surface area contributed by atoms with Crippen molar-refractivity contribution >= 4 is 39.5 Å². The van der Waals surface area contributed by atoms with Crippen molar-refractivity contribution in [3.8, 4) is 0 Å². The van der Waals surface area contributed by atoms with Gasteiger partial charge >= 0.3 is 39.5 Å². The molecule has 0 aromatic rings. The second-order valence-electron chi connectivity index (χ2n) is 33.2. The van der Waals surface area contributed by atoms with Crippen LogP contribution in [0.2, 0.25) is 0 Å². The number of ether oxygens (including phenoxy) is 4. The van der Waals surface area contributed by atoms with Gasteiger partial charge < -0.3 is 33.8 Å². The van der Waals surface area contributed by atoms with Gasteiger partial charge in [-0.1, -0.05) is 421 Å². The third kappa shape index (κ3) is 80.7. The van der Waals surface area contributed by atoms with Crippen molar-refractivity contribution in [2.45, 2.75) is 491 Å². The van der Waals surface area contributed by atoms with E-state index in [1.54, 1.807) is 0 Å². The number of unbranched alkanes of at least 4 members (excludes halogenated alkanes) is 54. The molecule has 17 nitrogen and oxygen atoms in total. The summed E-state index contributed by atoms with van der Waals surface area (Å²) >= 11 is 0. The van der Waals surface area contributed by atoms with Crippen LogP contribution in [0.3, 0.4) is 0 Å². The summed E-state index contributed by atoms with van der Waals surface area (Å²) in [6, 6.07) is 0. The molecule has 0 fully saturated rings. The van der Waals surface area contributed by atoms with Crippen molar-refractivity contribution in [3.05, 3.63) is 0 Å². The minimum Gasteiger partial charge on any atom is -0.462 e. The van der Waals surface area contributed by atoms with Gasteiger partial charge in [-0.15, -0.1) is 0 Å². The lowest BCUT2D eigenvalue weighted by Crippen LogP contribution is -2.30. The second kappa shape index (κ2) is 78.9. The first-order valence-electron chi connectivity index (χ1n) is 45.9. The van der Waals surface area contributed by atoms with Crippen LogP contribution in [0.15, 0.2) is 0 Å². The molecule has 642 valence electrons. The third-order valence-corrected chi connectivity index (χ3v) is 23.1.